The number of benzene rings is 1. The summed E-state index contributed by atoms with van der Waals surface area (Å²) in [4.78, 5) is 12.0. The molecule has 0 heterocycles. The number of ether oxygens (including phenoxy) is 1. The number of carbonyl (C=O) groups excluding carboxylic acids is 1. The van der Waals surface area contributed by atoms with Gasteiger partial charge in [0, 0.05) is 6.08 Å². The van der Waals surface area contributed by atoms with Gasteiger partial charge in [0.05, 0.1) is 0 Å². The van der Waals surface area contributed by atoms with Crippen LogP contribution in [-0.2, 0) is 9.53 Å². The van der Waals surface area contributed by atoms with E-state index in [2.05, 4.69) is 46.0 Å². The summed E-state index contributed by atoms with van der Waals surface area (Å²) in [6, 6.07) is 6.35. The molecular formula is C24H38O3Si. The van der Waals surface area contributed by atoms with Crippen LogP contribution in [0.3, 0.4) is 0 Å². The quantitative estimate of drug-likeness (QED) is 0.300. The smallest absolute Gasteiger partial charge is 0.331 e. The molecule has 1 fully saturated rings. The minimum absolute atomic E-state index is 0.162. The van der Waals surface area contributed by atoms with Crippen molar-refractivity contribution in [2.45, 2.75) is 96.9 Å². The second-order valence-electron chi connectivity index (χ2n) is 10.5. The molecule has 0 atom stereocenters. The minimum Gasteiger partial charge on any atom is -0.543 e. The summed E-state index contributed by atoms with van der Waals surface area (Å²) >= 11 is 0. The molecule has 4 heteroatoms. The van der Waals surface area contributed by atoms with Gasteiger partial charge < -0.3 is 9.16 Å². The highest BCUT2D eigenvalue weighted by atomic mass is 28.4. The van der Waals surface area contributed by atoms with Crippen LogP contribution in [0, 0.1) is 0 Å². The van der Waals surface area contributed by atoms with Crippen LogP contribution in [0.25, 0.3) is 6.08 Å². The third-order valence-corrected chi connectivity index (χ3v) is 10.2. The third-order valence-electron chi connectivity index (χ3n) is 5.82. The molecule has 28 heavy (non-hydrogen) atoms. The van der Waals surface area contributed by atoms with Crippen molar-refractivity contribution in [3.8, 4) is 5.75 Å². The molecule has 0 bridgehead atoms. The molecule has 1 aromatic rings. The lowest BCUT2D eigenvalue weighted by atomic mass is 9.95. The van der Waals surface area contributed by atoms with E-state index in [1.165, 1.54) is 37.3 Å². The summed E-state index contributed by atoms with van der Waals surface area (Å²) in [5, 5.41) is 0.162. The summed E-state index contributed by atoms with van der Waals surface area (Å²) < 4.78 is 12.1. The van der Waals surface area contributed by atoms with Crippen LogP contribution < -0.4 is 4.43 Å². The Hall–Kier alpha value is -1.55. The maximum absolute atomic E-state index is 12.0. The second-order valence-corrected chi connectivity index (χ2v) is 15.2. The lowest BCUT2D eigenvalue weighted by molar-refractivity contribution is -0.148. The van der Waals surface area contributed by atoms with Gasteiger partial charge in [0.2, 0.25) is 8.32 Å². The number of esters is 1. The first kappa shape index (κ1) is 22.7. The highest BCUT2D eigenvalue weighted by Gasteiger charge is 2.39. The van der Waals surface area contributed by atoms with Crippen LogP contribution in [0.5, 0.6) is 5.75 Å². The lowest BCUT2D eigenvalue weighted by Crippen LogP contribution is -2.44. The van der Waals surface area contributed by atoms with E-state index in [0.29, 0.717) is 5.92 Å². The second kappa shape index (κ2) is 8.44. The fourth-order valence-electron chi connectivity index (χ4n) is 3.25. The Labute approximate surface area is 172 Å². The molecule has 0 aromatic heterocycles. The molecule has 156 valence electrons. The zero-order chi connectivity index (χ0) is 21.2. The lowest BCUT2D eigenvalue weighted by Gasteiger charge is -2.37. The molecule has 0 saturated heterocycles. The summed E-state index contributed by atoms with van der Waals surface area (Å²) in [7, 11) is -1.90. The molecule has 1 aromatic carbocycles. The molecule has 0 aliphatic heterocycles. The van der Waals surface area contributed by atoms with Crippen molar-refractivity contribution in [2.75, 3.05) is 0 Å². The normalized spacial score (nSPS) is 16.6. The van der Waals surface area contributed by atoms with E-state index in [0.717, 1.165) is 11.3 Å². The van der Waals surface area contributed by atoms with Gasteiger partial charge in [-0.2, -0.15) is 0 Å². The topological polar surface area (TPSA) is 35.5 Å². The van der Waals surface area contributed by atoms with Gasteiger partial charge in [0.1, 0.15) is 11.4 Å². The summed E-state index contributed by atoms with van der Waals surface area (Å²) in [6.45, 7) is 17.0. The van der Waals surface area contributed by atoms with Gasteiger partial charge in [-0.25, -0.2) is 4.79 Å². The average Bonchev–Trinajstić information content (AvgIpc) is 3.05. The van der Waals surface area contributed by atoms with Crippen LogP contribution in [0.15, 0.2) is 24.3 Å². The van der Waals surface area contributed by atoms with Crippen LogP contribution in [0.1, 0.15) is 84.3 Å². The van der Waals surface area contributed by atoms with E-state index in [1.807, 2.05) is 32.9 Å². The highest BCUT2D eigenvalue weighted by molar-refractivity contribution is 6.74. The predicted octanol–water partition coefficient (Wildman–Crippen LogP) is 7.08. The Morgan fingerprint density at radius 3 is 2.21 bits per heavy atom. The van der Waals surface area contributed by atoms with Crippen molar-refractivity contribution in [1.82, 2.24) is 0 Å². The van der Waals surface area contributed by atoms with E-state index in [-0.39, 0.29) is 11.0 Å². The Bertz CT molecular complexity index is 714. The van der Waals surface area contributed by atoms with E-state index in [4.69, 9.17) is 9.16 Å². The average molecular weight is 403 g/mol. The predicted molar refractivity (Wildman–Crippen MR) is 120 cm³/mol. The fraction of sp³-hybridized carbons (Fsp3) is 0.625. The highest BCUT2D eigenvalue weighted by Crippen LogP contribution is 2.43. The zero-order valence-electron chi connectivity index (χ0n) is 19.0. The summed E-state index contributed by atoms with van der Waals surface area (Å²) in [6.07, 6.45) is 8.36. The largest absolute Gasteiger partial charge is 0.543 e. The Morgan fingerprint density at radius 2 is 1.68 bits per heavy atom. The molecular weight excluding hydrogens is 364 g/mol. The first-order chi connectivity index (χ1) is 12.8. The maximum Gasteiger partial charge on any atom is 0.331 e. The molecule has 1 aliphatic rings. The van der Waals surface area contributed by atoms with Gasteiger partial charge in [-0.1, -0.05) is 39.7 Å². The monoisotopic (exact) mass is 402 g/mol. The third kappa shape index (κ3) is 6.23. The van der Waals surface area contributed by atoms with Crippen molar-refractivity contribution < 1.29 is 14.0 Å². The molecule has 1 aliphatic carbocycles. The number of hydrogen-bond donors (Lipinski definition) is 0. The van der Waals surface area contributed by atoms with Gasteiger partial charge >= 0.3 is 5.97 Å². The van der Waals surface area contributed by atoms with Crippen LogP contribution >= 0.6 is 0 Å². The van der Waals surface area contributed by atoms with Crippen LogP contribution in [-0.4, -0.2) is 19.9 Å². The molecule has 0 N–H and O–H groups in total. The van der Waals surface area contributed by atoms with Gasteiger partial charge in [-0.3, -0.25) is 0 Å². The maximum atomic E-state index is 12.0. The van der Waals surface area contributed by atoms with Crippen molar-refractivity contribution in [3.05, 3.63) is 35.4 Å². The van der Waals surface area contributed by atoms with Gasteiger partial charge in [0.25, 0.3) is 0 Å². The number of rotatable bonds is 5. The minimum atomic E-state index is -1.90. The first-order valence-corrected chi connectivity index (χ1v) is 13.4. The van der Waals surface area contributed by atoms with Gasteiger partial charge in [-0.05, 0) is 87.0 Å². The van der Waals surface area contributed by atoms with Crippen molar-refractivity contribution >= 4 is 20.4 Å². The molecule has 0 amide bonds. The zero-order valence-corrected chi connectivity index (χ0v) is 20.0. The SMILES string of the molecule is CC(C)(C)OC(=O)/C=C/c1ccc(O[Si](C)(C)C(C)(C)C)c(C2CCCC2)c1. The first-order valence-electron chi connectivity index (χ1n) is 10.5. The van der Waals surface area contributed by atoms with Crippen LogP contribution in [0.4, 0.5) is 0 Å². The Morgan fingerprint density at radius 1 is 1.07 bits per heavy atom. The number of hydrogen-bond acceptors (Lipinski definition) is 3. The molecule has 3 nitrogen and oxygen atoms in total. The van der Waals surface area contributed by atoms with Crippen molar-refractivity contribution in [3.63, 3.8) is 0 Å². The Kier molecular flexibility index (Phi) is 6.85. The van der Waals surface area contributed by atoms with Crippen LogP contribution in [0.2, 0.25) is 18.1 Å². The summed E-state index contributed by atoms with van der Waals surface area (Å²) in [5.74, 6) is 1.28. The molecule has 0 unspecified atom stereocenters. The standard InChI is InChI=1S/C24H38O3Si/c1-23(2,3)26-22(25)16-14-18-13-15-21(27-28(7,8)24(4,5)6)20(17-18)19-11-9-10-12-19/h13-17,19H,9-12H2,1-8H3/b16-14+. The molecule has 1 saturated carbocycles. The van der Waals surface area contributed by atoms with Crippen molar-refractivity contribution in [2.24, 2.45) is 0 Å². The van der Waals surface area contributed by atoms with Gasteiger partial charge in [0.15, 0.2) is 0 Å². The molecule has 2 rings (SSSR count). The van der Waals surface area contributed by atoms with E-state index in [1.54, 1.807) is 0 Å². The Balaban J connectivity index is 2.29. The molecule has 0 spiro atoms. The van der Waals surface area contributed by atoms with E-state index in [9.17, 15) is 4.79 Å². The fourth-order valence-corrected chi connectivity index (χ4v) is 4.29. The summed E-state index contributed by atoms with van der Waals surface area (Å²) in [5.41, 5.74) is 1.85. The number of carbonyl (C=O) groups is 1. The van der Waals surface area contributed by atoms with E-state index >= 15 is 0 Å². The van der Waals surface area contributed by atoms with Crippen molar-refractivity contribution in [1.29, 1.82) is 0 Å². The molecule has 0 radical (unpaired) electrons. The van der Waals surface area contributed by atoms with E-state index < -0.39 is 13.9 Å². The van der Waals surface area contributed by atoms with Gasteiger partial charge in [-0.15, -0.1) is 0 Å².